The zero-order valence-electron chi connectivity index (χ0n) is 10.9. The highest BCUT2D eigenvalue weighted by atomic mass is 35.5. The van der Waals surface area contributed by atoms with Crippen LogP contribution in [0.2, 0.25) is 0 Å². The fraction of sp³-hybridized carbons (Fsp3) is 0.538. The number of nitrogens with zero attached hydrogens (tertiary/aromatic N) is 1. The maximum absolute atomic E-state index is 12.6. The molecule has 0 N–H and O–H groups in total. The van der Waals surface area contributed by atoms with Gasteiger partial charge >= 0.3 is 0 Å². The third kappa shape index (κ3) is 2.60. The number of halogens is 1. The molecule has 0 spiro atoms. The minimum absolute atomic E-state index is 0.0710. The van der Waals surface area contributed by atoms with Crippen LogP contribution in [0.3, 0.4) is 0 Å². The fourth-order valence-corrected chi connectivity index (χ4v) is 4.08. The minimum atomic E-state index is -3.48. The van der Waals surface area contributed by atoms with E-state index in [0.29, 0.717) is 50.6 Å². The highest BCUT2D eigenvalue weighted by Crippen LogP contribution is 2.33. The van der Waals surface area contributed by atoms with Gasteiger partial charge in [-0.25, -0.2) is 8.42 Å². The van der Waals surface area contributed by atoms with E-state index in [9.17, 15) is 8.42 Å². The number of rotatable bonds is 2. The average Bonchev–Trinajstić information content (AvgIpc) is 2.47. The standard InChI is InChI=1S/C13H16ClNO4S/c14-10-3-5-15(6-4-10)20(16,17)11-1-2-12-13(9-11)19-8-7-18-12/h1-2,9-10H,3-8H2. The molecule has 110 valence electrons. The topological polar surface area (TPSA) is 55.8 Å². The van der Waals surface area contributed by atoms with Crippen molar-refractivity contribution in [2.24, 2.45) is 0 Å². The molecule has 2 aliphatic rings. The van der Waals surface area contributed by atoms with Crippen LogP contribution in [-0.2, 0) is 10.0 Å². The predicted octanol–water partition coefficient (Wildman–Crippen LogP) is 1.85. The van der Waals surface area contributed by atoms with Crippen molar-refractivity contribution in [3.8, 4) is 11.5 Å². The lowest BCUT2D eigenvalue weighted by Gasteiger charge is -2.28. The van der Waals surface area contributed by atoms with Crippen molar-refractivity contribution < 1.29 is 17.9 Å². The van der Waals surface area contributed by atoms with Crippen molar-refractivity contribution >= 4 is 21.6 Å². The monoisotopic (exact) mass is 317 g/mol. The van der Waals surface area contributed by atoms with Gasteiger partial charge in [-0.1, -0.05) is 0 Å². The molecule has 1 saturated heterocycles. The van der Waals surface area contributed by atoms with E-state index in [0.717, 1.165) is 0 Å². The predicted molar refractivity (Wildman–Crippen MR) is 75.1 cm³/mol. The Kier molecular flexibility index (Phi) is 3.79. The van der Waals surface area contributed by atoms with Crippen molar-refractivity contribution in [3.05, 3.63) is 18.2 Å². The van der Waals surface area contributed by atoms with Gasteiger partial charge in [-0.2, -0.15) is 4.31 Å². The molecule has 2 heterocycles. The van der Waals surface area contributed by atoms with Crippen molar-refractivity contribution in [1.29, 1.82) is 0 Å². The molecule has 3 rings (SSSR count). The molecule has 7 heteroatoms. The molecule has 0 atom stereocenters. The van der Waals surface area contributed by atoms with E-state index in [-0.39, 0.29) is 10.3 Å². The summed E-state index contributed by atoms with van der Waals surface area (Å²) in [6.07, 6.45) is 1.37. The molecule has 0 bridgehead atoms. The second-order valence-electron chi connectivity index (χ2n) is 4.88. The van der Waals surface area contributed by atoms with Gasteiger partial charge in [0.05, 0.1) is 4.90 Å². The van der Waals surface area contributed by atoms with Crippen LogP contribution in [0.4, 0.5) is 0 Å². The summed E-state index contributed by atoms with van der Waals surface area (Å²) in [5, 5.41) is 0.0710. The zero-order chi connectivity index (χ0) is 14.2. The number of alkyl halides is 1. The van der Waals surface area contributed by atoms with Gasteiger partial charge in [-0.3, -0.25) is 0 Å². The third-order valence-corrected chi connectivity index (χ3v) is 5.87. The van der Waals surface area contributed by atoms with E-state index in [2.05, 4.69) is 0 Å². The van der Waals surface area contributed by atoms with Gasteiger partial charge in [0.1, 0.15) is 13.2 Å². The van der Waals surface area contributed by atoms with Gasteiger partial charge < -0.3 is 9.47 Å². The smallest absolute Gasteiger partial charge is 0.243 e. The average molecular weight is 318 g/mol. The molecule has 0 saturated carbocycles. The Hall–Kier alpha value is -0.980. The lowest BCUT2D eigenvalue weighted by molar-refractivity contribution is 0.171. The Bertz CT molecular complexity index is 596. The van der Waals surface area contributed by atoms with E-state index >= 15 is 0 Å². The Morgan fingerprint density at radius 3 is 2.45 bits per heavy atom. The number of sulfonamides is 1. The maximum atomic E-state index is 12.6. The van der Waals surface area contributed by atoms with Gasteiger partial charge in [0.25, 0.3) is 0 Å². The fourth-order valence-electron chi connectivity index (χ4n) is 2.40. The van der Waals surface area contributed by atoms with Crippen molar-refractivity contribution in [2.75, 3.05) is 26.3 Å². The molecule has 0 unspecified atom stereocenters. The Morgan fingerprint density at radius 2 is 1.75 bits per heavy atom. The first kappa shape index (κ1) is 14.0. The summed E-state index contributed by atoms with van der Waals surface area (Å²) in [4.78, 5) is 0.245. The number of hydrogen-bond donors (Lipinski definition) is 0. The van der Waals surface area contributed by atoms with Crippen LogP contribution < -0.4 is 9.47 Å². The van der Waals surface area contributed by atoms with Crippen LogP contribution in [0.25, 0.3) is 0 Å². The first-order valence-electron chi connectivity index (χ1n) is 6.61. The number of ether oxygens (including phenoxy) is 2. The van der Waals surface area contributed by atoms with Crippen molar-refractivity contribution in [1.82, 2.24) is 4.31 Å². The largest absolute Gasteiger partial charge is 0.486 e. The molecular formula is C13H16ClNO4S. The first-order chi connectivity index (χ1) is 9.57. The summed E-state index contributed by atoms with van der Waals surface area (Å²) >= 11 is 6.01. The highest BCUT2D eigenvalue weighted by Gasteiger charge is 2.29. The number of piperidine rings is 1. The molecular weight excluding hydrogens is 302 g/mol. The summed E-state index contributed by atoms with van der Waals surface area (Å²) in [6, 6.07) is 4.75. The molecule has 0 amide bonds. The van der Waals surface area contributed by atoms with E-state index in [1.807, 2.05) is 0 Å². The Morgan fingerprint density at radius 1 is 1.10 bits per heavy atom. The summed E-state index contributed by atoms with van der Waals surface area (Å²) in [5.74, 6) is 1.08. The summed E-state index contributed by atoms with van der Waals surface area (Å²) in [7, 11) is -3.48. The second kappa shape index (κ2) is 5.42. The SMILES string of the molecule is O=S(=O)(c1ccc2c(c1)OCCO2)N1CCC(Cl)CC1. The van der Waals surface area contributed by atoms with Gasteiger partial charge in [-0.05, 0) is 25.0 Å². The molecule has 2 aliphatic heterocycles. The van der Waals surface area contributed by atoms with Crippen LogP contribution in [0.1, 0.15) is 12.8 Å². The molecule has 1 aromatic rings. The summed E-state index contributed by atoms with van der Waals surface area (Å²) in [5.41, 5.74) is 0. The maximum Gasteiger partial charge on any atom is 0.243 e. The molecule has 20 heavy (non-hydrogen) atoms. The molecule has 0 radical (unpaired) electrons. The molecule has 0 aromatic heterocycles. The molecule has 0 aliphatic carbocycles. The van der Waals surface area contributed by atoms with E-state index in [4.69, 9.17) is 21.1 Å². The lowest BCUT2D eigenvalue weighted by atomic mass is 10.2. The number of fused-ring (bicyclic) bond motifs is 1. The van der Waals surface area contributed by atoms with E-state index in [1.165, 1.54) is 10.4 Å². The minimum Gasteiger partial charge on any atom is -0.486 e. The first-order valence-corrected chi connectivity index (χ1v) is 8.49. The molecule has 5 nitrogen and oxygen atoms in total. The van der Waals surface area contributed by atoms with Gasteiger partial charge in [0.15, 0.2) is 11.5 Å². The van der Waals surface area contributed by atoms with Crippen LogP contribution in [0.15, 0.2) is 23.1 Å². The van der Waals surface area contributed by atoms with Crippen LogP contribution in [0.5, 0.6) is 11.5 Å². The normalized spacial score (nSPS) is 20.9. The lowest BCUT2D eigenvalue weighted by Crippen LogP contribution is -2.38. The van der Waals surface area contributed by atoms with Crippen LogP contribution in [-0.4, -0.2) is 44.4 Å². The molecule has 1 aromatic carbocycles. The van der Waals surface area contributed by atoms with Gasteiger partial charge in [0.2, 0.25) is 10.0 Å². The van der Waals surface area contributed by atoms with Gasteiger partial charge in [0, 0.05) is 24.5 Å². The quantitative estimate of drug-likeness (QED) is 0.781. The van der Waals surface area contributed by atoms with Crippen molar-refractivity contribution in [3.63, 3.8) is 0 Å². The Labute approximate surface area is 123 Å². The Balaban J connectivity index is 1.87. The summed E-state index contributed by atoms with van der Waals surface area (Å²) in [6.45, 7) is 1.85. The van der Waals surface area contributed by atoms with Crippen LogP contribution >= 0.6 is 11.6 Å². The van der Waals surface area contributed by atoms with Crippen molar-refractivity contribution in [2.45, 2.75) is 23.1 Å². The zero-order valence-corrected chi connectivity index (χ0v) is 12.5. The molecule has 1 fully saturated rings. The number of benzene rings is 1. The second-order valence-corrected chi connectivity index (χ2v) is 7.44. The summed E-state index contributed by atoms with van der Waals surface area (Å²) < 4.78 is 37.5. The van der Waals surface area contributed by atoms with E-state index < -0.39 is 10.0 Å². The van der Waals surface area contributed by atoms with E-state index in [1.54, 1.807) is 12.1 Å². The number of hydrogen-bond acceptors (Lipinski definition) is 4. The van der Waals surface area contributed by atoms with Crippen LogP contribution in [0, 0.1) is 0 Å². The van der Waals surface area contributed by atoms with Gasteiger partial charge in [-0.15, -0.1) is 11.6 Å². The highest BCUT2D eigenvalue weighted by molar-refractivity contribution is 7.89. The third-order valence-electron chi connectivity index (χ3n) is 3.53.